The molecule has 0 saturated carbocycles. The summed E-state index contributed by atoms with van der Waals surface area (Å²) in [7, 11) is 0. The number of hydrogen-bond donors (Lipinski definition) is 1. The molecule has 0 unspecified atom stereocenters. The quantitative estimate of drug-likeness (QED) is 0.180. The smallest absolute Gasteiger partial charge is 0.148 e. The first-order valence-electron chi connectivity index (χ1n) is 16.7. The molecule has 49 heavy (non-hydrogen) atoms. The normalized spacial score (nSPS) is 12.8. The molecule has 3 heterocycles. The first kappa shape index (κ1) is 31.3. The molecule has 3 aromatic heterocycles. The summed E-state index contributed by atoms with van der Waals surface area (Å²) >= 11 is 0. The largest absolute Gasteiger partial charge is 0.507 e. The fraction of sp³-hybridized carbons (Fsp3) is 0.163. The number of furan rings is 1. The van der Waals surface area contributed by atoms with E-state index in [0.29, 0.717) is 11.4 Å². The van der Waals surface area contributed by atoms with Gasteiger partial charge in [0.1, 0.15) is 17.2 Å². The van der Waals surface area contributed by atoms with Crippen molar-refractivity contribution >= 4 is 33.0 Å². The van der Waals surface area contributed by atoms with Crippen LogP contribution in [0.3, 0.4) is 0 Å². The molecule has 1 N–H and O–H groups in total. The van der Waals surface area contributed by atoms with Gasteiger partial charge in [-0.2, -0.15) is 0 Å². The van der Waals surface area contributed by atoms with Gasteiger partial charge in [-0.3, -0.25) is 9.55 Å². The fourth-order valence-electron chi connectivity index (χ4n) is 7.72. The number of phenolic OH excluding ortho intramolecular Hbond substituents is 1. The van der Waals surface area contributed by atoms with Crippen molar-refractivity contribution in [3.63, 3.8) is 0 Å². The molecule has 1 aliphatic rings. The summed E-state index contributed by atoms with van der Waals surface area (Å²) in [5.41, 5.74) is 14.8. The molecule has 0 aliphatic heterocycles. The van der Waals surface area contributed by atoms with Gasteiger partial charge in [-0.25, -0.2) is 4.98 Å². The third-order valence-electron chi connectivity index (χ3n) is 9.82. The van der Waals surface area contributed by atoms with E-state index in [-0.39, 0.29) is 26.8 Å². The summed E-state index contributed by atoms with van der Waals surface area (Å²) in [5, 5.41) is 13.2. The van der Waals surface area contributed by atoms with Crippen LogP contribution in [0, 0.1) is 26.8 Å². The maximum absolute atomic E-state index is 11.1. The van der Waals surface area contributed by atoms with Gasteiger partial charge in [0.05, 0.1) is 27.9 Å². The molecule has 0 saturated heterocycles. The monoisotopic (exact) mass is 819 g/mol. The molecule has 5 aromatic carbocycles. The molecule has 0 amide bonds. The van der Waals surface area contributed by atoms with Crippen LogP contribution < -0.4 is 0 Å². The van der Waals surface area contributed by atoms with Gasteiger partial charge >= 0.3 is 0 Å². The van der Waals surface area contributed by atoms with Crippen molar-refractivity contribution in [1.82, 2.24) is 14.5 Å². The summed E-state index contributed by atoms with van der Waals surface area (Å²) in [5.74, 6) is 0.883. The average molecular weight is 820 g/mol. The van der Waals surface area contributed by atoms with Gasteiger partial charge in [0.2, 0.25) is 0 Å². The van der Waals surface area contributed by atoms with Crippen LogP contribution in [0.1, 0.15) is 40.8 Å². The number of para-hydroxylation sites is 3. The van der Waals surface area contributed by atoms with Gasteiger partial charge in [-0.05, 0) is 92.8 Å². The fourth-order valence-corrected chi connectivity index (χ4v) is 7.72. The Labute approximate surface area is 299 Å². The van der Waals surface area contributed by atoms with Crippen LogP contribution in [0.25, 0.3) is 72.4 Å². The summed E-state index contributed by atoms with van der Waals surface area (Å²) in [6.45, 7) is 6.41. The zero-order valence-electron chi connectivity index (χ0n) is 27.6. The summed E-state index contributed by atoms with van der Waals surface area (Å²) < 4.78 is 8.73. The van der Waals surface area contributed by atoms with Crippen molar-refractivity contribution < 1.29 is 30.6 Å². The molecule has 1 aliphatic carbocycles. The van der Waals surface area contributed by atoms with Crippen molar-refractivity contribution in [1.29, 1.82) is 0 Å². The van der Waals surface area contributed by atoms with Crippen molar-refractivity contribution in [2.24, 2.45) is 0 Å². The van der Waals surface area contributed by atoms with Crippen LogP contribution in [0.15, 0.2) is 101 Å². The molecule has 5 nitrogen and oxygen atoms in total. The molecule has 0 bridgehead atoms. The van der Waals surface area contributed by atoms with E-state index in [9.17, 15) is 5.11 Å². The maximum atomic E-state index is 11.1. The number of aromatic hydroxyl groups is 1. The minimum atomic E-state index is 0. The topological polar surface area (TPSA) is 64.1 Å². The Kier molecular flexibility index (Phi) is 7.76. The maximum Gasteiger partial charge on any atom is 0.148 e. The molecule has 244 valence electrons. The molecule has 0 fully saturated rings. The van der Waals surface area contributed by atoms with E-state index in [0.717, 1.165) is 91.4 Å². The zero-order valence-corrected chi connectivity index (χ0v) is 29.9. The Hall–Kier alpha value is -4.99. The second-order valence-corrected chi connectivity index (χ2v) is 13.1. The van der Waals surface area contributed by atoms with E-state index in [1.807, 2.05) is 30.3 Å². The van der Waals surface area contributed by atoms with E-state index in [1.165, 1.54) is 23.2 Å². The van der Waals surface area contributed by atoms with E-state index >= 15 is 0 Å². The van der Waals surface area contributed by atoms with E-state index < -0.39 is 0 Å². The van der Waals surface area contributed by atoms with Gasteiger partial charge in [0.25, 0.3) is 0 Å². The average Bonchev–Trinajstić information content (AvgIpc) is 3.66. The first-order valence-corrected chi connectivity index (χ1v) is 16.7. The molecular formula is C43H34N3O2Pt-. The third kappa shape index (κ3) is 5.11. The van der Waals surface area contributed by atoms with E-state index in [1.54, 1.807) is 6.07 Å². The Balaban J connectivity index is 0.00000348. The van der Waals surface area contributed by atoms with Gasteiger partial charge in [-0.1, -0.05) is 83.4 Å². The van der Waals surface area contributed by atoms with E-state index in [4.69, 9.17) is 14.4 Å². The minimum absolute atomic E-state index is 0. The number of nitrogens with zero attached hydrogens (tertiary/aromatic N) is 3. The summed E-state index contributed by atoms with van der Waals surface area (Å²) in [6, 6.07) is 36.7. The molecule has 0 radical (unpaired) electrons. The Morgan fingerprint density at radius 2 is 1.51 bits per heavy atom. The number of fused-ring (bicyclic) bond motifs is 5. The Morgan fingerprint density at radius 3 is 2.35 bits per heavy atom. The van der Waals surface area contributed by atoms with E-state index in [2.05, 4.69) is 92.1 Å². The summed E-state index contributed by atoms with van der Waals surface area (Å²) in [4.78, 5) is 10.5. The minimum Gasteiger partial charge on any atom is -0.507 e. The second-order valence-electron chi connectivity index (χ2n) is 13.1. The predicted molar refractivity (Wildman–Crippen MR) is 194 cm³/mol. The number of benzene rings is 5. The predicted octanol–water partition coefficient (Wildman–Crippen LogP) is 10.6. The molecule has 9 rings (SSSR count). The van der Waals surface area contributed by atoms with Gasteiger partial charge in [0.15, 0.2) is 0 Å². The molecule has 0 spiro atoms. The van der Waals surface area contributed by atoms with Crippen LogP contribution >= 0.6 is 0 Å². The number of aryl methyl sites for hydroxylation is 5. The van der Waals surface area contributed by atoms with Gasteiger partial charge < -0.3 is 9.52 Å². The summed E-state index contributed by atoms with van der Waals surface area (Å²) in [6.07, 6.45) is 4.45. The third-order valence-corrected chi connectivity index (χ3v) is 9.82. The van der Waals surface area contributed by atoms with Crippen LogP contribution in [0.4, 0.5) is 0 Å². The van der Waals surface area contributed by atoms with Crippen molar-refractivity contribution in [2.45, 2.75) is 46.5 Å². The number of imidazole rings is 1. The number of pyridine rings is 1. The standard InChI is InChI=1S/C43H34N3O2.Pt/c1-25-21-26(2)41(27(3)22-25)46-37-16-10-14-30(40(37)45-43(46)32-13-5-8-17-38(32)47)29-23-33-31-12-6-9-18-39(31)48-42(33)34(24-29)36-20-19-28-11-4-7-15-35(28)44-36;/h5-6,8-10,12-14,16-23,47H,4,7,11,15H2,1-3H3;/q-1;. The number of phenols is 1. The van der Waals surface area contributed by atoms with Crippen LogP contribution in [-0.2, 0) is 33.9 Å². The van der Waals surface area contributed by atoms with Crippen LogP contribution in [0.2, 0.25) is 0 Å². The van der Waals surface area contributed by atoms with Crippen molar-refractivity contribution in [3.05, 3.63) is 131 Å². The zero-order chi connectivity index (χ0) is 32.5. The number of hydrogen-bond acceptors (Lipinski definition) is 4. The first-order chi connectivity index (χ1) is 23.4. The molecule has 6 heteroatoms. The van der Waals surface area contributed by atoms with Gasteiger partial charge in [-0.15, -0.1) is 17.7 Å². The number of rotatable bonds is 4. The van der Waals surface area contributed by atoms with Crippen LogP contribution in [-0.4, -0.2) is 19.6 Å². The molecular weight excluding hydrogens is 786 g/mol. The van der Waals surface area contributed by atoms with Crippen molar-refractivity contribution in [3.8, 4) is 45.2 Å². The Morgan fingerprint density at radius 1 is 0.755 bits per heavy atom. The number of aromatic nitrogens is 3. The second kappa shape index (κ2) is 12.2. The SMILES string of the molecule is Cc1cc(C)c(-n2c(-c3ccccc3O)nc3c(-c4[c-]c(-c5ccc6c(n5)CCCC6)c5oc6ccccc6c5c4)cccc32)c(C)c1.[Pt]. The Bertz CT molecular complexity index is 2550. The van der Waals surface area contributed by atoms with Crippen molar-refractivity contribution in [2.75, 3.05) is 0 Å². The molecule has 0 atom stereocenters. The molecule has 8 aromatic rings. The van der Waals surface area contributed by atoms with Gasteiger partial charge in [0, 0.05) is 37.8 Å². The van der Waals surface area contributed by atoms with Crippen LogP contribution in [0.5, 0.6) is 5.75 Å².